The molecule has 0 spiro atoms. The van der Waals surface area contributed by atoms with E-state index in [-0.39, 0.29) is 10.7 Å². The number of carbonyl (C=O) groups excluding carboxylic acids is 1. The van der Waals surface area contributed by atoms with Gasteiger partial charge in [-0.2, -0.15) is 5.10 Å². The number of carbonyl (C=O) groups is 1. The monoisotopic (exact) mass is 285 g/mol. The number of halogens is 1. The first-order chi connectivity index (χ1) is 7.59. The number of hydrogen-bond acceptors (Lipinski definition) is 2. The highest BCUT2D eigenvalue weighted by Crippen LogP contribution is 2.24. The van der Waals surface area contributed by atoms with Crippen LogP contribution in [0.5, 0.6) is 0 Å². The van der Waals surface area contributed by atoms with Crippen molar-refractivity contribution in [2.75, 3.05) is 11.4 Å². The summed E-state index contributed by atoms with van der Waals surface area (Å²) in [6.45, 7) is 4.94. The summed E-state index contributed by atoms with van der Waals surface area (Å²) in [5.41, 5.74) is 0.905. The van der Waals surface area contributed by atoms with E-state index in [0.717, 1.165) is 25.1 Å². The van der Waals surface area contributed by atoms with Gasteiger partial charge in [0, 0.05) is 18.8 Å². The average molecular weight is 286 g/mol. The summed E-state index contributed by atoms with van der Waals surface area (Å²) in [5.74, 6) is 0.148. The summed E-state index contributed by atoms with van der Waals surface area (Å²) in [6, 6.07) is 0.327. The molecule has 0 radical (unpaired) electrons. The Kier molecular flexibility index (Phi) is 3.33. The normalized spacial score (nSPS) is 21.9. The Balaban J connectivity index is 2.19. The van der Waals surface area contributed by atoms with Crippen LogP contribution in [0.25, 0.3) is 0 Å². The minimum Gasteiger partial charge on any atom is -0.309 e. The molecule has 1 saturated heterocycles. The van der Waals surface area contributed by atoms with Gasteiger partial charge in [0.05, 0.1) is 16.7 Å². The largest absolute Gasteiger partial charge is 0.309 e. The van der Waals surface area contributed by atoms with Gasteiger partial charge in [0.25, 0.3) is 0 Å². The Labute approximate surface area is 104 Å². The highest BCUT2D eigenvalue weighted by atomic mass is 79.9. The average Bonchev–Trinajstić information content (AvgIpc) is 2.71. The predicted molar refractivity (Wildman–Crippen MR) is 66.9 cm³/mol. The lowest BCUT2D eigenvalue weighted by Crippen LogP contribution is -2.41. The molecule has 1 amide bonds. The van der Waals surface area contributed by atoms with Gasteiger partial charge >= 0.3 is 0 Å². The van der Waals surface area contributed by atoms with Gasteiger partial charge in [-0.3, -0.25) is 9.48 Å². The van der Waals surface area contributed by atoms with E-state index in [1.807, 2.05) is 15.8 Å². The highest BCUT2D eigenvalue weighted by Gasteiger charge is 2.28. The molecule has 1 unspecified atom stereocenters. The molecule has 0 aromatic carbocycles. The molecule has 88 valence electrons. The van der Waals surface area contributed by atoms with E-state index in [9.17, 15) is 4.79 Å². The molecule has 0 saturated carbocycles. The van der Waals surface area contributed by atoms with Gasteiger partial charge in [-0.05, 0) is 26.7 Å². The van der Waals surface area contributed by atoms with E-state index in [1.54, 1.807) is 6.20 Å². The van der Waals surface area contributed by atoms with E-state index >= 15 is 0 Å². The minimum atomic E-state index is -0.0383. The first kappa shape index (κ1) is 11.6. The summed E-state index contributed by atoms with van der Waals surface area (Å²) < 4.78 is 1.88. The smallest absolute Gasteiger partial charge is 0.240 e. The quantitative estimate of drug-likeness (QED) is 0.783. The topological polar surface area (TPSA) is 38.1 Å². The van der Waals surface area contributed by atoms with Crippen LogP contribution < -0.4 is 4.90 Å². The molecular formula is C11H16BrN3O. The molecule has 5 heteroatoms. The Bertz CT molecular complexity index is 388. The molecule has 0 aliphatic carbocycles. The fourth-order valence-corrected chi connectivity index (χ4v) is 2.41. The van der Waals surface area contributed by atoms with Crippen LogP contribution in [0.2, 0.25) is 0 Å². The molecule has 2 heterocycles. The standard InChI is InChI=1S/C11H16BrN3O/c1-8(2)15-7-9(6-13-15)14-5-3-4-10(12)11(14)16/h6-8,10H,3-5H2,1-2H3. The van der Waals surface area contributed by atoms with Crippen LogP contribution in [0.3, 0.4) is 0 Å². The van der Waals surface area contributed by atoms with Crippen molar-refractivity contribution in [2.24, 2.45) is 0 Å². The van der Waals surface area contributed by atoms with Crippen LogP contribution in [0.1, 0.15) is 32.7 Å². The maximum atomic E-state index is 11.9. The van der Waals surface area contributed by atoms with E-state index in [2.05, 4.69) is 34.9 Å². The van der Waals surface area contributed by atoms with Crippen molar-refractivity contribution in [2.45, 2.75) is 37.6 Å². The second kappa shape index (κ2) is 4.57. The zero-order valence-corrected chi connectivity index (χ0v) is 11.1. The van der Waals surface area contributed by atoms with Gasteiger partial charge in [-0.25, -0.2) is 0 Å². The van der Waals surface area contributed by atoms with Crippen molar-refractivity contribution >= 4 is 27.5 Å². The van der Waals surface area contributed by atoms with Gasteiger partial charge < -0.3 is 4.90 Å². The lowest BCUT2D eigenvalue weighted by atomic mass is 10.1. The number of amides is 1. The summed E-state index contributed by atoms with van der Waals surface area (Å²) in [7, 11) is 0. The molecular weight excluding hydrogens is 270 g/mol. The van der Waals surface area contributed by atoms with Crippen LogP contribution in [0.15, 0.2) is 12.4 Å². The third-order valence-electron chi connectivity index (χ3n) is 2.80. The fourth-order valence-electron chi connectivity index (χ4n) is 1.84. The number of hydrogen-bond donors (Lipinski definition) is 0. The van der Waals surface area contributed by atoms with Gasteiger partial charge in [0.2, 0.25) is 5.91 Å². The third kappa shape index (κ3) is 2.14. The van der Waals surface area contributed by atoms with Crippen LogP contribution >= 0.6 is 15.9 Å². The van der Waals surface area contributed by atoms with Crippen molar-refractivity contribution in [1.29, 1.82) is 0 Å². The molecule has 4 nitrogen and oxygen atoms in total. The molecule has 16 heavy (non-hydrogen) atoms. The highest BCUT2D eigenvalue weighted by molar-refractivity contribution is 9.10. The van der Waals surface area contributed by atoms with E-state index in [0.29, 0.717) is 6.04 Å². The van der Waals surface area contributed by atoms with Crippen molar-refractivity contribution < 1.29 is 4.79 Å². The number of piperidine rings is 1. The molecule has 1 atom stereocenters. The van der Waals surface area contributed by atoms with Gasteiger partial charge in [0.1, 0.15) is 0 Å². The van der Waals surface area contributed by atoms with E-state index < -0.39 is 0 Å². The molecule has 1 fully saturated rings. The van der Waals surface area contributed by atoms with Crippen LogP contribution in [0.4, 0.5) is 5.69 Å². The Hall–Kier alpha value is -0.840. The van der Waals surface area contributed by atoms with Crippen LogP contribution in [-0.4, -0.2) is 27.1 Å². The lowest BCUT2D eigenvalue weighted by molar-refractivity contribution is -0.118. The van der Waals surface area contributed by atoms with Crippen LogP contribution in [0, 0.1) is 0 Å². The second-order valence-electron chi connectivity index (χ2n) is 4.37. The molecule has 1 aliphatic heterocycles. The summed E-state index contributed by atoms with van der Waals surface area (Å²) in [6.07, 6.45) is 5.67. The molecule has 1 aromatic heterocycles. The number of rotatable bonds is 2. The fraction of sp³-hybridized carbons (Fsp3) is 0.636. The third-order valence-corrected chi connectivity index (χ3v) is 3.65. The van der Waals surface area contributed by atoms with Gasteiger partial charge in [-0.15, -0.1) is 0 Å². The number of aromatic nitrogens is 2. The zero-order valence-electron chi connectivity index (χ0n) is 9.56. The minimum absolute atomic E-state index is 0.0383. The Morgan fingerprint density at radius 2 is 2.31 bits per heavy atom. The lowest BCUT2D eigenvalue weighted by Gasteiger charge is -2.28. The second-order valence-corrected chi connectivity index (χ2v) is 5.48. The van der Waals surface area contributed by atoms with Crippen molar-refractivity contribution in [3.63, 3.8) is 0 Å². The zero-order chi connectivity index (χ0) is 11.7. The van der Waals surface area contributed by atoms with E-state index in [1.165, 1.54) is 0 Å². The number of alkyl halides is 1. The Morgan fingerprint density at radius 3 is 2.94 bits per heavy atom. The number of nitrogens with zero attached hydrogens (tertiary/aromatic N) is 3. The molecule has 0 N–H and O–H groups in total. The first-order valence-corrected chi connectivity index (χ1v) is 6.51. The first-order valence-electron chi connectivity index (χ1n) is 5.59. The maximum Gasteiger partial charge on any atom is 0.240 e. The van der Waals surface area contributed by atoms with Crippen molar-refractivity contribution in [1.82, 2.24) is 9.78 Å². The van der Waals surface area contributed by atoms with Gasteiger partial charge in [-0.1, -0.05) is 15.9 Å². The van der Waals surface area contributed by atoms with Crippen LogP contribution in [-0.2, 0) is 4.79 Å². The molecule has 1 aliphatic rings. The Morgan fingerprint density at radius 1 is 1.56 bits per heavy atom. The predicted octanol–water partition coefficient (Wildman–Crippen LogP) is 2.35. The summed E-state index contributed by atoms with van der Waals surface area (Å²) >= 11 is 3.41. The molecule has 1 aromatic rings. The van der Waals surface area contributed by atoms with Crippen molar-refractivity contribution in [3.05, 3.63) is 12.4 Å². The van der Waals surface area contributed by atoms with E-state index in [4.69, 9.17) is 0 Å². The SMILES string of the molecule is CC(C)n1cc(N2CCCC(Br)C2=O)cn1. The molecule has 0 bridgehead atoms. The summed E-state index contributed by atoms with van der Waals surface area (Å²) in [5, 5.41) is 4.26. The van der Waals surface area contributed by atoms with Gasteiger partial charge in [0.15, 0.2) is 0 Å². The molecule has 2 rings (SSSR count). The number of anilines is 1. The van der Waals surface area contributed by atoms with Crippen molar-refractivity contribution in [3.8, 4) is 0 Å². The maximum absolute atomic E-state index is 11.9. The summed E-state index contributed by atoms with van der Waals surface area (Å²) in [4.78, 5) is 13.7.